The van der Waals surface area contributed by atoms with E-state index in [-0.39, 0.29) is 0 Å². The molecule has 0 spiro atoms. The minimum atomic E-state index is 1.18. The predicted molar refractivity (Wildman–Crippen MR) is 103 cm³/mol. The van der Waals surface area contributed by atoms with Gasteiger partial charge in [-0.3, -0.25) is 0 Å². The van der Waals surface area contributed by atoms with E-state index in [0.29, 0.717) is 0 Å². The van der Waals surface area contributed by atoms with Crippen molar-refractivity contribution in [1.82, 2.24) is 0 Å². The van der Waals surface area contributed by atoms with Gasteiger partial charge in [0.25, 0.3) is 0 Å². The standard InChI is InChI=1S/C22H38/c1-7-12-20(4)14-8-9-15-21(5)17-11-18-22(6)16-10-13-19(2)3/h13-15,18H,7-12,16-17H2,1-6H3/b20-14+,21-15+,22-18-. The third-order valence-electron chi connectivity index (χ3n) is 3.92. The van der Waals surface area contributed by atoms with E-state index in [0.717, 1.165) is 0 Å². The van der Waals surface area contributed by atoms with Crippen molar-refractivity contribution in [3.8, 4) is 0 Å². The highest BCUT2D eigenvalue weighted by Gasteiger charge is 1.92. The van der Waals surface area contributed by atoms with Crippen molar-refractivity contribution in [3.63, 3.8) is 0 Å². The van der Waals surface area contributed by atoms with Gasteiger partial charge in [-0.05, 0) is 79.6 Å². The molecule has 0 radical (unpaired) electrons. The van der Waals surface area contributed by atoms with Gasteiger partial charge in [-0.1, -0.05) is 59.9 Å². The molecule has 0 bridgehead atoms. The topological polar surface area (TPSA) is 0 Å². The fraction of sp³-hybridized carbons (Fsp3) is 0.636. The quantitative estimate of drug-likeness (QED) is 0.268. The number of allylic oxidation sites excluding steroid dienone is 8. The van der Waals surface area contributed by atoms with E-state index in [2.05, 4.69) is 65.8 Å². The second-order valence-electron chi connectivity index (χ2n) is 6.84. The lowest BCUT2D eigenvalue weighted by Crippen LogP contribution is -1.81. The summed E-state index contributed by atoms with van der Waals surface area (Å²) in [6.07, 6.45) is 19.2. The normalized spacial score (nSPS) is 13.5. The summed E-state index contributed by atoms with van der Waals surface area (Å²) in [5.74, 6) is 0. The van der Waals surface area contributed by atoms with Gasteiger partial charge >= 0.3 is 0 Å². The SMILES string of the molecule is CCC/C(C)=C/CC/C=C(\C)CC/C=C(/C)CCC=C(C)C. The molecule has 0 aliphatic heterocycles. The van der Waals surface area contributed by atoms with Gasteiger partial charge < -0.3 is 0 Å². The van der Waals surface area contributed by atoms with E-state index in [1.54, 1.807) is 5.57 Å². The summed E-state index contributed by atoms with van der Waals surface area (Å²) < 4.78 is 0. The summed E-state index contributed by atoms with van der Waals surface area (Å²) in [5.41, 5.74) is 6.04. The first-order valence-electron chi connectivity index (χ1n) is 9.06. The molecule has 0 aromatic carbocycles. The van der Waals surface area contributed by atoms with Crippen LogP contribution < -0.4 is 0 Å². The zero-order chi connectivity index (χ0) is 16.8. The zero-order valence-corrected chi connectivity index (χ0v) is 16.0. The molecule has 22 heavy (non-hydrogen) atoms. The summed E-state index contributed by atoms with van der Waals surface area (Å²) in [5, 5.41) is 0. The van der Waals surface area contributed by atoms with Crippen LogP contribution in [0.5, 0.6) is 0 Å². The Morgan fingerprint density at radius 1 is 0.545 bits per heavy atom. The Hall–Kier alpha value is -1.04. The fourth-order valence-electron chi connectivity index (χ4n) is 2.49. The summed E-state index contributed by atoms with van der Waals surface area (Å²) in [6, 6.07) is 0. The Morgan fingerprint density at radius 3 is 1.41 bits per heavy atom. The van der Waals surface area contributed by atoms with Gasteiger partial charge in [-0.25, -0.2) is 0 Å². The molecule has 0 saturated carbocycles. The van der Waals surface area contributed by atoms with E-state index in [9.17, 15) is 0 Å². The number of rotatable bonds is 11. The van der Waals surface area contributed by atoms with Crippen molar-refractivity contribution in [2.75, 3.05) is 0 Å². The van der Waals surface area contributed by atoms with E-state index in [4.69, 9.17) is 0 Å². The van der Waals surface area contributed by atoms with Crippen LogP contribution in [-0.4, -0.2) is 0 Å². The van der Waals surface area contributed by atoms with E-state index >= 15 is 0 Å². The Bertz CT molecular complexity index is 398. The lowest BCUT2D eigenvalue weighted by atomic mass is 10.1. The summed E-state index contributed by atoms with van der Waals surface area (Å²) in [7, 11) is 0. The molecule has 0 fully saturated rings. The summed E-state index contributed by atoms with van der Waals surface area (Å²) in [4.78, 5) is 0. The van der Waals surface area contributed by atoms with Crippen molar-refractivity contribution >= 4 is 0 Å². The highest BCUT2D eigenvalue weighted by molar-refractivity contribution is 5.06. The van der Waals surface area contributed by atoms with Gasteiger partial charge in [-0.2, -0.15) is 0 Å². The number of hydrogen-bond donors (Lipinski definition) is 0. The molecule has 0 aliphatic rings. The maximum absolute atomic E-state index is 2.42. The molecule has 0 heteroatoms. The van der Waals surface area contributed by atoms with Crippen LogP contribution in [0.15, 0.2) is 46.6 Å². The molecule has 0 heterocycles. The van der Waals surface area contributed by atoms with Gasteiger partial charge in [0.05, 0.1) is 0 Å². The van der Waals surface area contributed by atoms with E-state index < -0.39 is 0 Å². The minimum Gasteiger partial charge on any atom is -0.0856 e. The smallest absolute Gasteiger partial charge is 0.0288 e. The number of unbranched alkanes of at least 4 members (excludes halogenated alkanes) is 1. The lowest BCUT2D eigenvalue weighted by molar-refractivity contribution is 0.882. The zero-order valence-electron chi connectivity index (χ0n) is 16.0. The maximum Gasteiger partial charge on any atom is -0.0288 e. The Kier molecular flexibility index (Phi) is 13.0. The van der Waals surface area contributed by atoms with E-state index in [1.165, 1.54) is 68.1 Å². The van der Waals surface area contributed by atoms with Gasteiger partial charge in [0.15, 0.2) is 0 Å². The van der Waals surface area contributed by atoms with Crippen LogP contribution in [-0.2, 0) is 0 Å². The van der Waals surface area contributed by atoms with Crippen molar-refractivity contribution in [2.24, 2.45) is 0 Å². The average molecular weight is 303 g/mol. The first-order valence-corrected chi connectivity index (χ1v) is 9.06. The second kappa shape index (κ2) is 13.6. The van der Waals surface area contributed by atoms with Crippen LogP contribution in [0.1, 0.15) is 92.9 Å². The molecule has 0 rings (SSSR count). The molecule has 0 aromatic rings. The van der Waals surface area contributed by atoms with Crippen molar-refractivity contribution in [3.05, 3.63) is 46.6 Å². The predicted octanol–water partition coefficient (Wildman–Crippen LogP) is 7.93. The third-order valence-corrected chi connectivity index (χ3v) is 3.92. The lowest BCUT2D eigenvalue weighted by Gasteiger charge is -2.02. The van der Waals surface area contributed by atoms with Crippen molar-refractivity contribution < 1.29 is 0 Å². The van der Waals surface area contributed by atoms with Crippen molar-refractivity contribution in [2.45, 2.75) is 92.9 Å². The Balaban J connectivity index is 3.92. The second-order valence-corrected chi connectivity index (χ2v) is 6.84. The average Bonchev–Trinajstić information content (AvgIpc) is 2.43. The van der Waals surface area contributed by atoms with Crippen molar-refractivity contribution in [1.29, 1.82) is 0 Å². The Labute approximate surface area is 140 Å². The van der Waals surface area contributed by atoms with Gasteiger partial charge in [0.1, 0.15) is 0 Å². The maximum atomic E-state index is 2.42. The summed E-state index contributed by atoms with van der Waals surface area (Å²) in [6.45, 7) is 13.4. The molecule has 0 nitrogen and oxygen atoms in total. The van der Waals surface area contributed by atoms with Crippen LogP contribution in [0.3, 0.4) is 0 Å². The third kappa shape index (κ3) is 13.9. The monoisotopic (exact) mass is 302 g/mol. The molecular weight excluding hydrogens is 264 g/mol. The summed E-state index contributed by atoms with van der Waals surface area (Å²) >= 11 is 0. The van der Waals surface area contributed by atoms with Crippen LogP contribution in [0.4, 0.5) is 0 Å². The van der Waals surface area contributed by atoms with Crippen LogP contribution >= 0.6 is 0 Å². The van der Waals surface area contributed by atoms with Gasteiger partial charge in [-0.15, -0.1) is 0 Å². The minimum absolute atomic E-state index is 1.18. The fourth-order valence-corrected chi connectivity index (χ4v) is 2.49. The van der Waals surface area contributed by atoms with Crippen LogP contribution in [0.25, 0.3) is 0 Å². The van der Waals surface area contributed by atoms with E-state index in [1.807, 2.05) is 0 Å². The molecule has 0 unspecified atom stereocenters. The first kappa shape index (κ1) is 21.0. The highest BCUT2D eigenvalue weighted by Crippen LogP contribution is 2.13. The Morgan fingerprint density at radius 2 is 0.955 bits per heavy atom. The van der Waals surface area contributed by atoms with Crippen LogP contribution in [0, 0.1) is 0 Å². The first-order chi connectivity index (χ1) is 10.5. The van der Waals surface area contributed by atoms with Crippen LogP contribution in [0.2, 0.25) is 0 Å². The molecule has 0 atom stereocenters. The molecule has 0 amide bonds. The largest absolute Gasteiger partial charge is 0.0856 e. The molecular formula is C22H38. The molecule has 0 aliphatic carbocycles. The molecule has 0 N–H and O–H groups in total. The number of hydrogen-bond acceptors (Lipinski definition) is 0. The van der Waals surface area contributed by atoms with Gasteiger partial charge in [0.2, 0.25) is 0 Å². The molecule has 0 aromatic heterocycles. The van der Waals surface area contributed by atoms with Gasteiger partial charge in [0, 0.05) is 0 Å². The molecule has 126 valence electrons. The highest BCUT2D eigenvalue weighted by atomic mass is 14.0. The molecule has 0 saturated heterocycles.